The van der Waals surface area contributed by atoms with Crippen molar-refractivity contribution < 1.29 is 14.3 Å². The maximum atomic E-state index is 12.1. The number of carbonyl (C=O) groups excluding carboxylic acids is 1. The fourth-order valence-electron chi connectivity index (χ4n) is 2.15. The third-order valence-corrected chi connectivity index (χ3v) is 4.90. The lowest BCUT2D eigenvalue weighted by Crippen LogP contribution is -2.26. The van der Waals surface area contributed by atoms with Crippen LogP contribution in [-0.2, 0) is 4.79 Å². The van der Waals surface area contributed by atoms with E-state index >= 15 is 0 Å². The van der Waals surface area contributed by atoms with Gasteiger partial charge in [0.1, 0.15) is 0 Å². The van der Waals surface area contributed by atoms with Gasteiger partial charge in [-0.2, -0.15) is 0 Å². The van der Waals surface area contributed by atoms with E-state index in [1.165, 1.54) is 0 Å². The number of amides is 1. The van der Waals surface area contributed by atoms with Crippen molar-refractivity contribution in [1.82, 2.24) is 0 Å². The second-order valence-electron chi connectivity index (χ2n) is 4.37. The highest BCUT2D eigenvalue weighted by atomic mass is 127. The molecule has 1 amide bonds. The van der Waals surface area contributed by atoms with E-state index in [2.05, 4.69) is 29.5 Å². The monoisotopic (exact) mass is 345 g/mol. The lowest BCUT2D eigenvalue weighted by atomic mass is 10.2. The summed E-state index contributed by atoms with van der Waals surface area (Å²) < 4.78 is 10.7. The average molecular weight is 345 g/mol. The van der Waals surface area contributed by atoms with E-state index in [0.717, 1.165) is 23.7 Å². The minimum atomic E-state index is 0.0676. The Morgan fingerprint density at radius 2 is 2.12 bits per heavy atom. The van der Waals surface area contributed by atoms with Gasteiger partial charge in [-0.05, 0) is 18.1 Å². The topological polar surface area (TPSA) is 38.8 Å². The third kappa shape index (κ3) is 1.76. The molecule has 0 aromatic heterocycles. The van der Waals surface area contributed by atoms with Gasteiger partial charge in [0.25, 0.3) is 0 Å². The van der Waals surface area contributed by atoms with E-state index in [0.29, 0.717) is 5.92 Å². The Bertz CT molecular complexity index is 477. The highest BCUT2D eigenvalue weighted by Crippen LogP contribution is 2.38. The van der Waals surface area contributed by atoms with Crippen LogP contribution in [0.5, 0.6) is 11.5 Å². The number of nitrogens with zero attached hydrogens (tertiary/aromatic N) is 1. The first-order valence-corrected chi connectivity index (χ1v) is 6.76. The van der Waals surface area contributed by atoms with Crippen LogP contribution in [0.3, 0.4) is 0 Å². The van der Waals surface area contributed by atoms with Crippen molar-refractivity contribution in [2.75, 3.05) is 18.2 Å². The minimum Gasteiger partial charge on any atom is -0.454 e. The van der Waals surface area contributed by atoms with Crippen LogP contribution in [0.1, 0.15) is 6.92 Å². The van der Waals surface area contributed by atoms with Crippen molar-refractivity contribution >= 4 is 34.2 Å². The molecule has 1 aromatic carbocycles. The first-order valence-electron chi connectivity index (χ1n) is 5.52. The summed E-state index contributed by atoms with van der Waals surface area (Å²) in [6.07, 6.45) is 0. The molecule has 0 radical (unpaired) electrons. The van der Waals surface area contributed by atoms with Crippen molar-refractivity contribution in [1.29, 1.82) is 0 Å². The molecule has 0 bridgehead atoms. The van der Waals surface area contributed by atoms with E-state index in [4.69, 9.17) is 9.47 Å². The summed E-state index contributed by atoms with van der Waals surface area (Å²) in [4.78, 5) is 13.9. The van der Waals surface area contributed by atoms with Crippen LogP contribution in [0.2, 0.25) is 0 Å². The third-order valence-electron chi connectivity index (χ3n) is 3.14. The van der Waals surface area contributed by atoms with Crippen molar-refractivity contribution in [3.8, 4) is 11.5 Å². The Kier molecular flexibility index (Phi) is 2.65. The number of carbonyl (C=O) groups is 1. The van der Waals surface area contributed by atoms with Gasteiger partial charge in [0, 0.05) is 18.3 Å². The SMILES string of the molecule is CC1CN(c2ccc3c(c2)OCO3)C(=O)C1I. The zero-order chi connectivity index (χ0) is 12.0. The van der Waals surface area contributed by atoms with Crippen molar-refractivity contribution in [3.63, 3.8) is 0 Å². The predicted molar refractivity (Wildman–Crippen MR) is 71.9 cm³/mol. The summed E-state index contributed by atoms with van der Waals surface area (Å²) >= 11 is 2.22. The first-order chi connectivity index (χ1) is 8.16. The smallest absolute Gasteiger partial charge is 0.240 e. The van der Waals surface area contributed by atoms with Crippen molar-refractivity contribution in [2.45, 2.75) is 10.8 Å². The van der Waals surface area contributed by atoms with Gasteiger partial charge in [-0.1, -0.05) is 29.5 Å². The van der Waals surface area contributed by atoms with E-state index < -0.39 is 0 Å². The molecule has 1 saturated heterocycles. The van der Waals surface area contributed by atoms with E-state index in [1.807, 2.05) is 23.1 Å². The lowest BCUT2D eigenvalue weighted by Gasteiger charge is -2.16. The zero-order valence-corrected chi connectivity index (χ0v) is 11.5. The first kappa shape index (κ1) is 11.1. The largest absolute Gasteiger partial charge is 0.454 e. The molecule has 90 valence electrons. The van der Waals surface area contributed by atoms with Crippen molar-refractivity contribution in [3.05, 3.63) is 18.2 Å². The number of fused-ring (bicyclic) bond motifs is 1. The van der Waals surface area contributed by atoms with Gasteiger partial charge < -0.3 is 14.4 Å². The molecule has 2 heterocycles. The molecule has 0 spiro atoms. The van der Waals surface area contributed by atoms with Gasteiger partial charge >= 0.3 is 0 Å². The van der Waals surface area contributed by atoms with Gasteiger partial charge in [0.2, 0.25) is 12.7 Å². The normalized spacial score (nSPS) is 26.7. The number of hydrogen-bond acceptors (Lipinski definition) is 3. The lowest BCUT2D eigenvalue weighted by molar-refractivity contribution is -0.116. The molecular formula is C12H12INO3. The number of benzene rings is 1. The minimum absolute atomic E-state index is 0.0676. The van der Waals surface area contributed by atoms with Gasteiger partial charge in [-0.25, -0.2) is 0 Å². The summed E-state index contributed by atoms with van der Waals surface area (Å²) in [5.41, 5.74) is 0.894. The summed E-state index contributed by atoms with van der Waals surface area (Å²) in [6.45, 7) is 3.13. The molecule has 1 aromatic rings. The average Bonchev–Trinajstić information content (AvgIpc) is 2.89. The number of alkyl halides is 1. The molecule has 2 unspecified atom stereocenters. The molecule has 0 aliphatic carbocycles. The van der Waals surface area contributed by atoms with Gasteiger partial charge in [0.15, 0.2) is 11.5 Å². The Morgan fingerprint density at radius 3 is 2.82 bits per heavy atom. The van der Waals surface area contributed by atoms with E-state index in [-0.39, 0.29) is 16.6 Å². The van der Waals surface area contributed by atoms with Crippen LogP contribution < -0.4 is 14.4 Å². The molecular weight excluding hydrogens is 333 g/mol. The van der Waals surface area contributed by atoms with E-state index in [1.54, 1.807) is 0 Å². The number of rotatable bonds is 1. The second kappa shape index (κ2) is 4.04. The number of halogens is 1. The summed E-state index contributed by atoms with van der Waals surface area (Å²) in [5.74, 6) is 2.03. The second-order valence-corrected chi connectivity index (χ2v) is 5.71. The van der Waals surface area contributed by atoms with Crippen LogP contribution in [0.15, 0.2) is 18.2 Å². The van der Waals surface area contributed by atoms with Crippen molar-refractivity contribution in [2.24, 2.45) is 5.92 Å². The summed E-state index contributed by atoms with van der Waals surface area (Å²) in [7, 11) is 0. The van der Waals surface area contributed by atoms with Crippen LogP contribution in [0, 0.1) is 5.92 Å². The molecule has 2 atom stereocenters. The predicted octanol–water partition coefficient (Wildman–Crippen LogP) is 2.20. The Labute approximate surface area is 113 Å². The molecule has 2 aliphatic rings. The van der Waals surface area contributed by atoms with Gasteiger partial charge in [-0.15, -0.1) is 0 Å². The molecule has 17 heavy (non-hydrogen) atoms. The molecule has 3 rings (SSSR count). The quantitative estimate of drug-likeness (QED) is 0.579. The van der Waals surface area contributed by atoms with Gasteiger partial charge in [0.05, 0.1) is 3.92 Å². The molecule has 0 N–H and O–H groups in total. The Balaban J connectivity index is 1.93. The fraction of sp³-hybridized carbons (Fsp3) is 0.417. The number of hydrogen-bond donors (Lipinski definition) is 0. The number of ether oxygens (including phenoxy) is 2. The molecule has 5 heteroatoms. The molecule has 1 fully saturated rings. The highest BCUT2D eigenvalue weighted by Gasteiger charge is 2.36. The fourth-order valence-corrected chi connectivity index (χ4v) is 2.71. The molecule has 2 aliphatic heterocycles. The standard InChI is InChI=1S/C12H12INO3/c1-7-5-14(12(15)11(7)13)8-2-3-9-10(4-8)17-6-16-9/h2-4,7,11H,5-6H2,1H3. The maximum Gasteiger partial charge on any atom is 0.240 e. The van der Waals surface area contributed by atoms with Crippen LogP contribution in [0.4, 0.5) is 5.69 Å². The van der Waals surface area contributed by atoms with Crippen LogP contribution in [0.25, 0.3) is 0 Å². The van der Waals surface area contributed by atoms with Crippen LogP contribution >= 0.6 is 22.6 Å². The summed E-state index contributed by atoms with van der Waals surface area (Å²) in [5, 5.41) is 0. The van der Waals surface area contributed by atoms with Crippen LogP contribution in [-0.4, -0.2) is 23.2 Å². The summed E-state index contributed by atoms with van der Waals surface area (Å²) in [6, 6.07) is 5.64. The zero-order valence-electron chi connectivity index (χ0n) is 9.35. The Morgan fingerprint density at radius 1 is 1.35 bits per heavy atom. The molecule has 0 saturated carbocycles. The number of anilines is 1. The van der Waals surface area contributed by atoms with E-state index in [9.17, 15) is 4.79 Å². The molecule has 4 nitrogen and oxygen atoms in total. The maximum absolute atomic E-state index is 12.1. The Hall–Kier alpha value is -0.980. The van der Waals surface area contributed by atoms with Gasteiger partial charge in [-0.3, -0.25) is 4.79 Å². The highest BCUT2D eigenvalue weighted by molar-refractivity contribution is 14.1.